The van der Waals surface area contributed by atoms with Crippen LogP contribution in [0.1, 0.15) is 117 Å². The van der Waals surface area contributed by atoms with Gasteiger partial charge in [0.2, 0.25) is 11.8 Å². The molecule has 0 heterocycles. The van der Waals surface area contributed by atoms with Crippen molar-refractivity contribution in [1.29, 1.82) is 0 Å². The lowest BCUT2D eigenvalue weighted by Gasteiger charge is -2.19. The summed E-state index contributed by atoms with van der Waals surface area (Å²) >= 11 is 0. The molecule has 0 aromatic carbocycles. The first kappa shape index (κ1) is 36.0. The molecule has 6 heteroatoms. The molecule has 0 radical (unpaired) electrons. The Labute approximate surface area is 235 Å². The van der Waals surface area contributed by atoms with Crippen LogP contribution in [0.4, 0.5) is 0 Å². The maximum Gasteiger partial charge on any atom is 0.220 e. The molecule has 6 nitrogen and oxygen atoms in total. The van der Waals surface area contributed by atoms with E-state index in [1.165, 1.54) is 38.5 Å². The van der Waals surface area contributed by atoms with Gasteiger partial charge in [0.25, 0.3) is 0 Å². The van der Waals surface area contributed by atoms with E-state index in [-0.39, 0.29) is 11.8 Å². The fourth-order valence-corrected chi connectivity index (χ4v) is 3.69. The molecule has 0 bridgehead atoms. The fraction of sp³-hybridized carbons (Fsp3) is 0.812. The Balaban J connectivity index is 3.45. The fourth-order valence-electron chi connectivity index (χ4n) is 3.69. The van der Waals surface area contributed by atoms with Crippen molar-refractivity contribution in [2.45, 2.75) is 129 Å². The van der Waals surface area contributed by atoms with Crippen LogP contribution in [0, 0.1) is 23.7 Å². The van der Waals surface area contributed by atoms with Crippen molar-refractivity contribution >= 4 is 11.8 Å². The number of nitrogens with one attached hydrogen (secondary N) is 2. The lowest BCUT2D eigenvalue weighted by molar-refractivity contribution is -0.122. The highest BCUT2D eigenvalue weighted by Gasteiger charge is 2.07. The summed E-state index contributed by atoms with van der Waals surface area (Å²) in [6, 6.07) is 0.739. The highest BCUT2D eigenvalue weighted by Crippen LogP contribution is 2.09. The standard InChI is InChI=1S/C32H58N4O2/c1-29(35(3)4)27-33-31(37)25-23-21-19-17-15-13-11-9-7-8-10-12-14-16-18-20-22-24-26-32(38)34-28-30(2)36(5)6/h29-30H,11-28H2,1-6H3,(H,33,37)(H,34,38). The number of carbonyl (C=O) groups excluding carboxylic acids is 2. The molecule has 0 spiro atoms. The van der Waals surface area contributed by atoms with Gasteiger partial charge in [0.15, 0.2) is 0 Å². The molecule has 0 aliphatic heterocycles. The Hall–Kier alpha value is -2.02. The molecule has 2 atom stereocenters. The zero-order valence-corrected chi connectivity index (χ0v) is 25.6. The highest BCUT2D eigenvalue weighted by molar-refractivity contribution is 5.76. The van der Waals surface area contributed by atoms with E-state index in [9.17, 15) is 9.59 Å². The van der Waals surface area contributed by atoms with Gasteiger partial charge in [-0.2, -0.15) is 0 Å². The van der Waals surface area contributed by atoms with Crippen molar-refractivity contribution in [1.82, 2.24) is 20.4 Å². The Morgan fingerprint density at radius 3 is 1.21 bits per heavy atom. The van der Waals surface area contributed by atoms with Gasteiger partial charge in [0.1, 0.15) is 0 Å². The van der Waals surface area contributed by atoms with Gasteiger partial charge in [-0.05, 0) is 79.6 Å². The first-order valence-corrected chi connectivity index (χ1v) is 15.1. The van der Waals surface area contributed by atoms with Crippen LogP contribution in [0.15, 0.2) is 0 Å². The van der Waals surface area contributed by atoms with E-state index < -0.39 is 0 Å². The first-order chi connectivity index (χ1) is 18.2. The van der Waals surface area contributed by atoms with Crippen LogP contribution in [0.5, 0.6) is 0 Å². The molecule has 2 N–H and O–H groups in total. The minimum absolute atomic E-state index is 0.175. The molecule has 0 aromatic rings. The molecular weight excluding hydrogens is 472 g/mol. The summed E-state index contributed by atoms with van der Waals surface area (Å²) in [7, 11) is 8.12. The van der Waals surface area contributed by atoms with E-state index in [4.69, 9.17) is 0 Å². The molecule has 0 fully saturated rings. The smallest absolute Gasteiger partial charge is 0.220 e. The average molecular weight is 531 g/mol. The van der Waals surface area contributed by atoms with Crippen LogP contribution in [0.3, 0.4) is 0 Å². The number of rotatable bonds is 22. The average Bonchev–Trinajstić information content (AvgIpc) is 2.88. The first-order valence-electron chi connectivity index (χ1n) is 15.1. The van der Waals surface area contributed by atoms with Crippen molar-refractivity contribution in [3.63, 3.8) is 0 Å². The normalized spacial score (nSPS) is 12.3. The summed E-state index contributed by atoms with van der Waals surface area (Å²) in [5, 5.41) is 6.03. The molecular formula is C32H58N4O2. The van der Waals surface area contributed by atoms with Gasteiger partial charge in [-0.25, -0.2) is 0 Å². The molecule has 0 aromatic heterocycles. The molecule has 0 aliphatic rings. The predicted octanol–water partition coefficient (Wildman–Crippen LogP) is 5.37. The Kier molecular flexibility index (Phi) is 23.9. The van der Waals surface area contributed by atoms with Gasteiger partial charge in [-0.3, -0.25) is 9.59 Å². The topological polar surface area (TPSA) is 64.7 Å². The second-order valence-corrected chi connectivity index (χ2v) is 11.1. The van der Waals surface area contributed by atoms with E-state index >= 15 is 0 Å². The minimum atomic E-state index is 0.175. The third kappa shape index (κ3) is 24.3. The minimum Gasteiger partial charge on any atom is -0.355 e. The lowest BCUT2D eigenvalue weighted by atomic mass is 10.1. The van der Waals surface area contributed by atoms with Gasteiger partial charge in [0, 0.05) is 50.9 Å². The van der Waals surface area contributed by atoms with Crippen molar-refractivity contribution in [3.05, 3.63) is 0 Å². The summed E-state index contributed by atoms with van der Waals surface area (Å²) < 4.78 is 0. The quantitative estimate of drug-likeness (QED) is 0.146. The highest BCUT2D eigenvalue weighted by atomic mass is 16.2. The van der Waals surface area contributed by atoms with Crippen LogP contribution < -0.4 is 10.6 Å². The molecule has 38 heavy (non-hydrogen) atoms. The maximum absolute atomic E-state index is 11.8. The van der Waals surface area contributed by atoms with E-state index in [2.05, 4.69) is 58.0 Å². The molecule has 2 unspecified atom stereocenters. The summed E-state index contributed by atoms with van der Waals surface area (Å²) in [6.07, 6.45) is 16.8. The number of carbonyl (C=O) groups is 2. The number of likely N-dealkylation sites (N-methyl/N-ethyl adjacent to an activating group) is 2. The summed E-state index contributed by atoms with van der Waals surface area (Å²) in [4.78, 5) is 27.9. The number of hydrogen-bond acceptors (Lipinski definition) is 4. The Morgan fingerprint density at radius 2 is 0.868 bits per heavy atom. The number of unbranched alkanes of at least 4 members (excludes halogenated alkanes) is 12. The van der Waals surface area contributed by atoms with Gasteiger partial charge >= 0.3 is 0 Å². The molecule has 2 amide bonds. The second-order valence-electron chi connectivity index (χ2n) is 11.1. The van der Waals surface area contributed by atoms with Crippen LogP contribution in [-0.2, 0) is 9.59 Å². The summed E-state index contributed by atoms with van der Waals surface area (Å²) in [5.41, 5.74) is 0. The lowest BCUT2D eigenvalue weighted by Crippen LogP contribution is -2.38. The van der Waals surface area contributed by atoms with E-state index in [0.717, 1.165) is 64.5 Å². The van der Waals surface area contributed by atoms with Crippen molar-refractivity contribution in [3.8, 4) is 23.7 Å². The molecule has 0 rings (SSSR count). The molecule has 0 saturated heterocycles. The maximum atomic E-state index is 11.8. The zero-order valence-electron chi connectivity index (χ0n) is 25.6. The zero-order chi connectivity index (χ0) is 28.4. The number of amides is 2. The van der Waals surface area contributed by atoms with E-state index in [1.807, 2.05) is 28.2 Å². The third-order valence-electron chi connectivity index (χ3n) is 7.10. The molecule has 0 saturated carbocycles. The van der Waals surface area contributed by atoms with Crippen molar-refractivity contribution < 1.29 is 9.59 Å². The number of hydrogen-bond donors (Lipinski definition) is 2. The van der Waals surface area contributed by atoms with Crippen LogP contribution in [-0.4, -0.2) is 75.0 Å². The van der Waals surface area contributed by atoms with Gasteiger partial charge in [-0.15, -0.1) is 0 Å². The Morgan fingerprint density at radius 1 is 0.553 bits per heavy atom. The van der Waals surface area contributed by atoms with Crippen LogP contribution >= 0.6 is 0 Å². The molecule has 218 valence electrons. The summed E-state index contributed by atoms with van der Waals surface area (Å²) in [6.45, 7) is 5.67. The predicted molar refractivity (Wildman–Crippen MR) is 162 cm³/mol. The summed E-state index contributed by atoms with van der Waals surface area (Å²) in [5.74, 6) is 12.7. The van der Waals surface area contributed by atoms with Crippen molar-refractivity contribution in [2.75, 3.05) is 41.3 Å². The van der Waals surface area contributed by atoms with Gasteiger partial charge < -0.3 is 20.4 Å². The third-order valence-corrected chi connectivity index (χ3v) is 7.10. The van der Waals surface area contributed by atoms with E-state index in [1.54, 1.807) is 0 Å². The van der Waals surface area contributed by atoms with E-state index in [0.29, 0.717) is 24.9 Å². The largest absolute Gasteiger partial charge is 0.355 e. The number of nitrogens with zero attached hydrogens (tertiary/aromatic N) is 2. The van der Waals surface area contributed by atoms with Crippen LogP contribution in [0.2, 0.25) is 0 Å². The van der Waals surface area contributed by atoms with Gasteiger partial charge in [0.05, 0.1) is 0 Å². The Bertz CT molecular complexity index is 665. The van der Waals surface area contributed by atoms with Crippen molar-refractivity contribution in [2.24, 2.45) is 0 Å². The monoisotopic (exact) mass is 530 g/mol. The SMILES string of the molecule is CC(CNC(=O)CCCCCCCCC#CC#CCCCCCCCCC(=O)NCC(C)N(C)C)N(C)C. The second kappa shape index (κ2) is 25.3. The van der Waals surface area contributed by atoms with Crippen LogP contribution in [0.25, 0.3) is 0 Å². The molecule has 0 aliphatic carbocycles. The van der Waals surface area contributed by atoms with Gasteiger partial charge in [-0.1, -0.05) is 63.2 Å².